The molecule has 0 saturated carbocycles. The van der Waals surface area contributed by atoms with Gasteiger partial charge in [0.25, 0.3) is 0 Å². The fraction of sp³-hybridized carbons (Fsp3) is 0.550. The summed E-state index contributed by atoms with van der Waals surface area (Å²) in [7, 11) is 0. The standard InChI is InChI=1S/C20H30N2O2/c1-2-3-4-5-6-7-8-9-20(24)22-16-14-21(15-17-22)18-10-12-19(23)13-11-18/h8-13,23H,2-7,14-17H2,1H3/b9-8+. The molecule has 0 aliphatic carbocycles. The molecule has 2 rings (SSSR count). The number of amides is 1. The van der Waals surface area contributed by atoms with Gasteiger partial charge < -0.3 is 14.9 Å². The first-order valence-corrected chi connectivity index (χ1v) is 9.20. The number of allylic oxidation sites excluding steroid dienone is 1. The Morgan fingerprint density at radius 3 is 2.38 bits per heavy atom. The maximum atomic E-state index is 12.2. The largest absolute Gasteiger partial charge is 0.508 e. The number of hydrogen-bond donors (Lipinski definition) is 1. The summed E-state index contributed by atoms with van der Waals surface area (Å²) in [6.07, 6.45) is 11.1. The van der Waals surface area contributed by atoms with Crippen LogP contribution in [-0.4, -0.2) is 42.1 Å². The number of nitrogens with zero attached hydrogens (tertiary/aromatic N) is 2. The molecule has 4 heteroatoms. The molecule has 1 aliphatic rings. The van der Waals surface area contributed by atoms with Crippen LogP contribution < -0.4 is 4.90 Å². The van der Waals surface area contributed by atoms with Crippen molar-refractivity contribution in [2.24, 2.45) is 0 Å². The van der Waals surface area contributed by atoms with Gasteiger partial charge in [-0.3, -0.25) is 4.79 Å². The van der Waals surface area contributed by atoms with Crippen molar-refractivity contribution in [1.82, 2.24) is 4.90 Å². The van der Waals surface area contributed by atoms with Crippen molar-refractivity contribution in [1.29, 1.82) is 0 Å². The van der Waals surface area contributed by atoms with Crippen LogP contribution in [0.4, 0.5) is 5.69 Å². The first-order valence-electron chi connectivity index (χ1n) is 9.20. The van der Waals surface area contributed by atoms with E-state index in [4.69, 9.17) is 0 Å². The van der Waals surface area contributed by atoms with Crippen LogP contribution >= 0.6 is 0 Å². The van der Waals surface area contributed by atoms with E-state index in [0.29, 0.717) is 0 Å². The van der Waals surface area contributed by atoms with Crippen LogP contribution in [0.1, 0.15) is 45.4 Å². The molecule has 0 radical (unpaired) electrons. The summed E-state index contributed by atoms with van der Waals surface area (Å²) < 4.78 is 0. The minimum atomic E-state index is 0.133. The molecule has 1 saturated heterocycles. The Morgan fingerprint density at radius 2 is 1.71 bits per heavy atom. The highest BCUT2D eigenvalue weighted by Crippen LogP contribution is 2.19. The van der Waals surface area contributed by atoms with Crippen LogP contribution in [0.5, 0.6) is 5.75 Å². The number of piperazine rings is 1. The zero-order chi connectivity index (χ0) is 17.2. The third-order valence-corrected chi connectivity index (χ3v) is 4.54. The molecule has 0 bridgehead atoms. The number of unbranched alkanes of at least 4 members (excludes halogenated alkanes) is 5. The van der Waals surface area contributed by atoms with Gasteiger partial charge in [0, 0.05) is 31.9 Å². The Labute approximate surface area is 145 Å². The van der Waals surface area contributed by atoms with Gasteiger partial charge in [-0.2, -0.15) is 0 Å². The molecular formula is C20H30N2O2. The van der Waals surface area contributed by atoms with E-state index in [-0.39, 0.29) is 11.7 Å². The molecule has 1 heterocycles. The van der Waals surface area contributed by atoms with Crippen molar-refractivity contribution in [3.8, 4) is 5.75 Å². The quantitative estimate of drug-likeness (QED) is 0.579. The second-order valence-electron chi connectivity index (χ2n) is 6.43. The molecule has 1 amide bonds. The predicted octanol–water partition coefficient (Wildman–Crippen LogP) is 3.96. The minimum absolute atomic E-state index is 0.133. The Hall–Kier alpha value is -1.97. The van der Waals surface area contributed by atoms with Crippen LogP contribution in [-0.2, 0) is 4.79 Å². The van der Waals surface area contributed by atoms with Crippen LogP contribution in [0.3, 0.4) is 0 Å². The number of anilines is 1. The Bertz CT molecular complexity index is 517. The fourth-order valence-electron chi connectivity index (χ4n) is 3.00. The van der Waals surface area contributed by atoms with Gasteiger partial charge in [0.15, 0.2) is 0 Å². The molecule has 1 N–H and O–H groups in total. The molecule has 1 aromatic carbocycles. The van der Waals surface area contributed by atoms with Gasteiger partial charge in [-0.25, -0.2) is 0 Å². The van der Waals surface area contributed by atoms with Crippen molar-refractivity contribution in [2.45, 2.75) is 45.4 Å². The number of hydrogen-bond acceptors (Lipinski definition) is 3. The second-order valence-corrected chi connectivity index (χ2v) is 6.43. The van der Waals surface area contributed by atoms with E-state index in [9.17, 15) is 9.90 Å². The maximum Gasteiger partial charge on any atom is 0.246 e. The van der Waals surface area contributed by atoms with Crippen LogP contribution in [0.2, 0.25) is 0 Å². The average molecular weight is 330 g/mol. The lowest BCUT2D eigenvalue weighted by molar-refractivity contribution is -0.126. The lowest BCUT2D eigenvalue weighted by Crippen LogP contribution is -2.48. The van der Waals surface area contributed by atoms with Gasteiger partial charge in [0.05, 0.1) is 0 Å². The summed E-state index contributed by atoms with van der Waals surface area (Å²) in [6.45, 7) is 5.39. The van der Waals surface area contributed by atoms with Crippen molar-refractivity contribution in [3.05, 3.63) is 36.4 Å². The molecule has 0 aromatic heterocycles. The number of aromatic hydroxyl groups is 1. The highest BCUT2D eigenvalue weighted by Gasteiger charge is 2.19. The topological polar surface area (TPSA) is 43.8 Å². The highest BCUT2D eigenvalue weighted by molar-refractivity contribution is 5.87. The maximum absolute atomic E-state index is 12.2. The smallest absolute Gasteiger partial charge is 0.246 e. The predicted molar refractivity (Wildman–Crippen MR) is 99.4 cm³/mol. The van der Waals surface area contributed by atoms with Gasteiger partial charge in [0.1, 0.15) is 5.75 Å². The molecule has 4 nitrogen and oxygen atoms in total. The molecule has 0 atom stereocenters. The summed E-state index contributed by atoms with van der Waals surface area (Å²) >= 11 is 0. The summed E-state index contributed by atoms with van der Waals surface area (Å²) in [6, 6.07) is 7.25. The number of carbonyl (C=O) groups is 1. The number of phenolic OH excluding ortho intramolecular Hbond substituents is 1. The zero-order valence-electron chi connectivity index (χ0n) is 14.8. The van der Waals surface area contributed by atoms with Crippen LogP contribution in [0.15, 0.2) is 36.4 Å². The molecule has 1 aromatic rings. The van der Waals surface area contributed by atoms with E-state index in [2.05, 4.69) is 11.8 Å². The number of benzene rings is 1. The molecule has 24 heavy (non-hydrogen) atoms. The van der Waals surface area contributed by atoms with Gasteiger partial charge >= 0.3 is 0 Å². The third kappa shape index (κ3) is 5.91. The molecular weight excluding hydrogens is 300 g/mol. The van der Waals surface area contributed by atoms with E-state index in [1.807, 2.05) is 23.1 Å². The lowest BCUT2D eigenvalue weighted by Gasteiger charge is -2.35. The molecule has 1 aliphatic heterocycles. The first kappa shape index (κ1) is 18.4. The minimum Gasteiger partial charge on any atom is -0.508 e. The number of rotatable bonds is 8. The monoisotopic (exact) mass is 330 g/mol. The van der Waals surface area contributed by atoms with E-state index in [1.165, 1.54) is 32.1 Å². The normalized spacial score (nSPS) is 15.2. The molecule has 0 spiro atoms. The average Bonchev–Trinajstić information content (AvgIpc) is 2.61. The molecule has 132 valence electrons. The van der Waals surface area contributed by atoms with Crippen molar-refractivity contribution in [3.63, 3.8) is 0 Å². The van der Waals surface area contributed by atoms with Gasteiger partial charge in [-0.1, -0.05) is 38.7 Å². The third-order valence-electron chi connectivity index (χ3n) is 4.54. The zero-order valence-corrected chi connectivity index (χ0v) is 14.8. The Morgan fingerprint density at radius 1 is 1.04 bits per heavy atom. The SMILES string of the molecule is CCCCCCC/C=C/C(=O)N1CCN(c2ccc(O)cc2)CC1. The van der Waals surface area contributed by atoms with Gasteiger partial charge in [-0.15, -0.1) is 0 Å². The van der Waals surface area contributed by atoms with Crippen LogP contribution in [0, 0.1) is 0 Å². The highest BCUT2D eigenvalue weighted by atomic mass is 16.3. The summed E-state index contributed by atoms with van der Waals surface area (Å²) in [4.78, 5) is 16.4. The van der Waals surface area contributed by atoms with Crippen molar-refractivity contribution in [2.75, 3.05) is 31.1 Å². The Balaban J connectivity index is 1.67. The fourth-order valence-corrected chi connectivity index (χ4v) is 3.00. The first-order chi connectivity index (χ1) is 11.7. The van der Waals surface area contributed by atoms with E-state index in [0.717, 1.165) is 38.3 Å². The van der Waals surface area contributed by atoms with E-state index >= 15 is 0 Å². The molecule has 1 fully saturated rings. The van der Waals surface area contributed by atoms with Gasteiger partial charge in [0.2, 0.25) is 5.91 Å². The summed E-state index contributed by atoms with van der Waals surface area (Å²) in [5.41, 5.74) is 1.10. The van der Waals surface area contributed by atoms with Crippen molar-refractivity contribution >= 4 is 11.6 Å². The lowest BCUT2D eigenvalue weighted by atomic mass is 10.1. The summed E-state index contributed by atoms with van der Waals surface area (Å²) in [5.74, 6) is 0.418. The number of carbonyl (C=O) groups excluding carboxylic acids is 1. The number of phenols is 1. The second kappa shape index (κ2) is 10.0. The van der Waals surface area contributed by atoms with E-state index in [1.54, 1.807) is 18.2 Å². The van der Waals surface area contributed by atoms with Gasteiger partial charge in [-0.05, 0) is 43.2 Å². The molecule has 0 unspecified atom stereocenters. The van der Waals surface area contributed by atoms with E-state index < -0.39 is 0 Å². The summed E-state index contributed by atoms with van der Waals surface area (Å²) in [5, 5.41) is 9.35. The van der Waals surface area contributed by atoms with Crippen molar-refractivity contribution < 1.29 is 9.90 Å². The Kier molecular flexibility index (Phi) is 7.66. The van der Waals surface area contributed by atoms with Crippen LogP contribution in [0.25, 0.3) is 0 Å².